The summed E-state index contributed by atoms with van der Waals surface area (Å²) in [7, 11) is 2.00. The lowest BCUT2D eigenvalue weighted by atomic mass is 10.0. The first kappa shape index (κ1) is 11.5. The lowest BCUT2D eigenvalue weighted by Gasteiger charge is -2.04. The Hall–Kier alpha value is -2.56. The fourth-order valence-electron chi connectivity index (χ4n) is 2.08. The monoisotopic (exact) mass is 253 g/mol. The number of rotatable bonds is 3. The molecule has 3 rings (SSSR count). The molecule has 5 nitrogen and oxygen atoms in total. The Morgan fingerprint density at radius 1 is 1.26 bits per heavy atom. The van der Waals surface area contributed by atoms with Crippen molar-refractivity contribution in [3.05, 3.63) is 54.2 Å². The third-order valence-corrected chi connectivity index (χ3v) is 3.22. The van der Waals surface area contributed by atoms with E-state index in [1.807, 2.05) is 24.0 Å². The predicted octanol–water partition coefficient (Wildman–Crippen LogP) is 1.98. The number of nitrogens with two attached hydrogens (primary N) is 1. The van der Waals surface area contributed by atoms with Crippen LogP contribution in [0.5, 0.6) is 0 Å². The van der Waals surface area contributed by atoms with E-state index in [4.69, 9.17) is 5.73 Å². The molecule has 0 fully saturated rings. The minimum absolute atomic E-state index is 0.594. The first-order valence-corrected chi connectivity index (χ1v) is 6.08. The van der Waals surface area contributed by atoms with Gasteiger partial charge in [0.1, 0.15) is 11.6 Å². The number of anilines is 1. The second kappa shape index (κ2) is 4.61. The summed E-state index contributed by atoms with van der Waals surface area (Å²) in [6, 6.07) is 8.30. The Kier molecular flexibility index (Phi) is 2.79. The zero-order chi connectivity index (χ0) is 13.2. The molecule has 5 heteroatoms. The van der Waals surface area contributed by atoms with Crippen LogP contribution < -0.4 is 5.73 Å². The molecule has 0 aliphatic heterocycles. The van der Waals surface area contributed by atoms with E-state index >= 15 is 0 Å². The van der Waals surface area contributed by atoms with Gasteiger partial charge in [0.15, 0.2) is 0 Å². The summed E-state index contributed by atoms with van der Waals surface area (Å²) in [5, 5.41) is 6.67. The average molecular weight is 253 g/mol. The van der Waals surface area contributed by atoms with Gasteiger partial charge in [-0.1, -0.05) is 24.3 Å². The van der Waals surface area contributed by atoms with Gasteiger partial charge in [-0.2, -0.15) is 5.10 Å². The maximum atomic E-state index is 5.81. The molecule has 0 radical (unpaired) electrons. The van der Waals surface area contributed by atoms with Crippen molar-refractivity contribution in [1.82, 2.24) is 19.7 Å². The number of nitrogens with zero attached hydrogens (tertiary/aromatic N) is 3. The number of aromatic nitrogens is 4. The van der Waals surface area contributed by atoms with Gasteiger partial charge in [-0.15, -0.1) is 0 Å². The highest BCUT2D eigenvalue weighted by molar-refractivity contribution is 5.73. The number of aryl methyl sites for hydroxylation is 1. The predicted molar refractivity (Wildman–Crippen MR) is 74.5 cm³/mol. The molecule has 0 aliphatic rings. The average Bonchev–Trinajstić information content (AvgIpc) is 3.00. The zero-order valence-electron chi connectivity index (χ0n) is 10.7. The van der Waals surface area contributed by atoms with E-state index in [2.05, 4.69) is 39.4 Å². The van der Waals surface area contributed by atoms with Crippen LogP contribution >= 0.6 is 0 Å². The smallest absolute Gasteiger partial charge is 0.126 e. The molecule has 0 aliphatic carbocycles. The van der Waals surface area contributed by atoms with E-state index in [1.54, 1.807) is 6.20 Å². The highest BCUT2D eigenvalue weighted by Crippen LogP contribution is 2.24. The van der Waals surface area contributed by atoms with E-state index in [9.17, 15) is 0 Å². The Morgan fingerprint density at radius 2 is 2.05 bits per heavy atom. The number of imidazole rings is 1. The van der Waals surface area contributed by atoms with Crippen LogP contribution in [0.15, 0.2) is 42.9 Å². The highest BCUT2D eigenvalue weighted by atomic mass is 15.1. The number of nitrogens with one attached hydrogen (secondary N) is 1. The standard InChI is InChI=1S/C14H15N5/c1-19-7-6-16-13(19)8-10-2-4-11(5-3-10)12-9-17-18-14(12)15/h2-7,9H,8H2,1H3,(H3,15,17,18). The van der Waals surface area contributed by atoms with Gasteiger partial charge in [0, 0.05) is 31.4 Å². The van der Waals surface area contributed by atoms with E-state index in [1.165, 1.54) is 5.56 Å². The molecule has 2 aromatic heterocycles. The number of H-pyrrole nitrogens is 1. The summed E-state index contributed by atoms with van der Waals surface area (Å²) in [5.41, 5.74) is 9.03. The van der Waals surface area contributed by atoms with Crippen LogP contribution in [0.25, 0.3) is 11.1 Å². The van der Waals surface area contributed by atoms with E-state index < -0.39 is 0 Å². The van der Waals surface area contributed by atoms with E-state index in [0.717, 1.165) is 23.4 Å². The minimum atomic E-state index is 0.594. The summed E-state index contributed by atoms with van der Waals surface area (Å²) >= 11 is 0. The molecule has 0 saturated heterocycles. The summed E-state index contributed by atoms with van der Waals surface area (Å²) in [5.74, 6) is 1.65. The fraction of sp³-hybridized carbons (Fsp3) is 0.143. The summed E-state index contributed by atoms with van der Waals surface area (Å²) < 4.78 is 2.03. The zero-order valence-corrected chi connectivity index (χ0v) is 10.7. The molecule has 3 N–H and O–H groups in total. The van der Waals surface area contributed by atoms with Crippen molar-refractivity contribution in [2.45, 2.75) is 6.42 Å². The molecule has 19 heavy (non-hydrogen) atoms. The lowest BCUT2D eigenvalue weighted by molar-refractivity contribution is 0.822. The van der Waals surface area contributed by atoms with Gasteiger partial charge < -0.3 is 10.3 Å². The van der Waals surface area contributed by atoms with Crippen molar-refractivity contribution in [1.29, 1.82) is 0 Å². The lowest BCUT2D eigenvalue weighted by Crippen LogP contribution is -1.98. The Labute approximate surface area is 111 Å². The molecule has 3 aromatic rings. The Balaban J connectivity index is 1.84. The number of aromatic amines is 1. The minimum Gasteiger partial charge on any atom is -0.384 e. The molecule has 1 aromatic carbocycles. The largest absolute Gasteiger partial charge is 0.384 e. The number of hydrogen-bond acceptors (Lipinski definition) is 3. The molecule has 0 unspecified atom stereocenters. The fourth-order valence-corrected chi connectivity index (χ4v) is 2.08. The van der Waals surface area contributed by atoms with Crippen molar-refractivity contribution in [2.75, 3.05) is 5.73 Å². The van der Waals surface area contributed by atoms with Gasteiger partial charge >= 0.3 is 0 Å². The topological polar surface area (TPSA) is 72.5 Å². The second-order valence-corrected chi connectivity index (χ2v) is 4.53. The van der Waals surface area contributed by atoms with E-state index in [0.29, 0.717) is 5.82 Å². The molecular formula is C14H15N5. The SMILES string of the molecule is Cn1ccnc1Cc1ccc(-c2cn[nH]c2N)cc1. The van der Waals surface area contributed by atoms with Gasteiger partial charge in [-0.05, 0) is 11.1 Å². The van der Waals surface area contributed by atoms with Crippen molar-refractivity contribution in [3.63, 3.8) is 0 Å². The Bertz CT molecular complexity index is 678. The van der Waals surface area contributed by atoms with Crippen LogP contribution in [0.3, 0.4) is 0 Å². The summed E-state index contributed by atoms with van der Waals surface area (Å²) in [6.07, 6.45) is 6.33. The molecule has 2 heterocycles. The molecule has 0 amide bonds. The van der Waals surface area contributed by atoms with Crippen LogP contribution in [-0.2, 0) is 13.5 Å². The van der Waals surface area contributed by atoms with Crippen LogP contribution in [0.2, 0.25) is 0 Å². The van der Waals surface area contributed by atoms with Crippen molar-refractivity contribution in [3.8, 4) is 11.1 Å². The van der Waals surface area contributed by atoms with Crippen LogP contribution in [0, 0.1) is 0 Å². The van der Waals surface area contributed by atoms with E-state index in [-0.39, 0.29) is 0 Å². The molecule has 0 saturated carbocycles. The highest BCUT2D eigenvalue weighted by Gasteiger charge is 2.05. The van der Waals surface area contributed by atoms with Crippen LogP contribution in [0.1, 0.15) is 11.4 Å². The molecule has 0 spiro atoms. The van der Waals surface area contributed by atoms with Gasteiger partial charge in [0.25, 0.3) is 0 Å². The normalized spacial score (nSPS) is 10.8. The van der Waals surface area contributed by atoms with Crippen LogP contribution in [-0.4, -0.2) is 19.7 Å². The number of hydrogen-bond donors (Lipinski definition) is 2. The van der Waals surface area contributed by atoms with Gasteiger partial charge in [0.2, 0.25) is 0 Å². The Morgan fingerprint density at radius 3 is 2.63 bits per heavy atom. The number of nitrogen functional groups attached to an aromatic ring is 1. The second-order valence-electron chi connectivity index (χ2n) is 4.53. The van der Waals surface area contributed by atoms with Gasteiger partial charge in [-0.25, -0.2) is 4.98 Å². The maximum absolute atomic E-state index is 5.81. The third kappa shape index (κ3) is 2.22. The molecule has 0 atom stereocenters. The van der Waals surface area contributed by atoms with Crippen LogP contribution in [0.4, 0.5) is 5.82 Å². The molecule has 96 valence electrons. The van der Waals surface area contributed by atoms with Crippen molar-refractivity contribution >= 4 is 5.82 Å². The maximum Gasteiger partial charge on any atom is 0.126 e. The first-order chi connectivity index (χ1) is 9.24. The summed E-state index contributed by atoms with van der Waals surface area (Å²) in [6.45, 7) is 0. The molecular weight excluding hydrogens is 238 g/mol. The van der Waals surface area contributed by atoms with Gasteiger partial charge in [0.05, 0.1) is 6.20 Å². The molecule has 0 bridgehead atoms. The third-order valence-electron chi connectivity index (χ3n) is 3.22. The van der Waals surface area contributed by atoms with Crippen molar-refractivity contribution < 1.29 is 0 Å². The van der Waals surface area contributed by atoms with Gasteiger partial charge in [-0.3, -0.25) is 5.10 Å². The quantitative estimate of drug-likeness (QED) is 0.749. The van der Waals surface area contributed by atoms with Crippen molar-refractivity contribution in [2.24, 2.45) is 7.05 Å². The first-order valence-electron chi connectivity index (χ1n) is 6.08. The number of benzene rings is 1. The summed E-state index contributed by atoms with van der Waals surface area (Å²) in [4.78, 5) is 4.33.